The Morgan fingerprint density at radius 1 is 1.41 bits per heavy atom. The summed E-state index contributed by atoms with van der Waals surface area (Å²) in [6.07, 6.45) is 4.03. The fourth-order valence-electron chi connectivity index (χ4n) is 2.27. The Hall–Kier alpha value is -2.74. The number of nitrogens with one attached hydrogen (secondary N) is 1. The van der Waals surface area contributed by atoms with E-state index in [-0.39, 0.29) is 11.7 Å². The summed E-state index contributed by atoms with van der Waals surface area (Å²) in [5, 5.41) is 17.6. The van der Waals surface area contributed by atoms with Crippen molar-refractivity contribution in [3.63, 3.8) is 0 Å². The molecule has 0 aliphatic heterocycles. The molecule has 0 amide bonds. The molecule has 0 aliphatic rings. The lowest BCUT2D eigenvalue weighted by atomic mass is 10.1. The van der Waals surface area contributed by atoms with E-state index in [1.165, 1.54) is 17.0 Å². The van der Waals surface area contributed by atoms with Crippen LogP contribution in [0.1, 0.15) is 29.8 Å². The molecule has 0 aliphatic carbocycles. The van der Waals surface area contributed by atoms with Crippen molar-refractivity contribution in [2.45, 2.75) is 26.3 Å². The molecule has 112 valence electrons. The largest absolute Gasteiger partial charge is 0.287 e. The van der Waals surface area contributed by atoms with Crippen molar-refractivity contribution in [3.8, 4) is 6.19 Å². The molecular formula is C17H17FN4. The summed E-state index contributed by atoms with van der Waals surface area (Å²) in [6, 6.07) is 9.40. The highest BCUT2D eigenvalue weighted by molar-refractivity contribution is 5.83. The Bertz CT molecular complexity index is 721. The minimum atomic E-state index is -0.398. The Morgan fingerprint density at radius 3 is 2.82 bits per heavy atom. The SMILES string of the molecule is Cc1ncccc1CC(=N)N(C#N)C(C)c1cccc(F)c1. The standard InChI is InChI=1S/C17H17FN4/c1-12-14(6-4-8-21-12)10-17(20)22(11-19)13(2)15-5-3-7-16(18)9-15/h3-9,13,20H,10H2,1-2H3. The van der Waals surface area contributed by atoms with Gasteiger partial charge in [-0.05, 0) is 43.2 Å². The first-order chi connectivity index (χ1) is 10.5. The van der Waals surface area contributed by atoms with E-state index in [1.54, 1.807) is 25.3 Å². The highest BCUT2D eigenvalue weighted by atomic mass is 19.1. The van der Waals surface area contributed by atoms with Gasteiger partial charge in [-0.2, -0.15) is 5.26 Å². The highest BCUT2D eigenvalue weighted by Gasteiger charge is 2.19. The molecule has 0 saturated carbocycles. The third-order valence-corrected chi connectivity index (χ3v) is 3.59. The van der Waals surface area contributed by atoms with Crippen LogP contribution in [0.15, 0.2) is 42.6 Å². The Morgan fingerprint density at radius 2 is 2.18 bits per heavy atom. The number of pyridine rings is 1. The van der Waals surface area contributed by atoms with Crippen LogP contribution < -0.4 is 0 Å². The van der Waals surface area contributed by atoms with Crippen LogP contribution in [0.25, 0.3) is 0 Å². The molecule has 22 heavy (non-hydrogen) atoms. The van der Waals surface area contributed by atoms with Crippen LogP contribution in [0.2, 0.25) is 0 Å². The molecule has 0 fully saturated rings. The zero-order chi connectivity index (χ0) is 16.1. The van der Waals surface area contributed by atoms with E-state index in [0.29, 0.717) is 12.0 Å². The summed E-state index contributed by atoms with van der Waals surface area (Å²) in [4.78, 5) is 5.48. The van der Waals surface area contributed by atoms with E-state index < -0.39 is 6.04 Å². The lowest BCUT2D eigenvalue weighted by Gasteiger charge is -2.24. The lowest BCUT2D eigenvalue weighted by molar-refractivity contribution is 0.447. The third-order valence-electron chi connectivity index (χ3n) is 3.59. The molecule has 1 N–H and O–H groups in total. The molecule has 1 heterocycles. The minimum Gasteiger partial charge on any atom is -0.287 e. The van der Waals surface area contributed by atoms with E-state index in [1.807, 2.05) is 25.2 Å². The van der Waals surface area contributed by atoms with Gasteiger partial charge in [0.25, 0.3) is 0 Å². The number of benzene rings is 1. The van der Waals surface area contributed by atoms with Crippen molar-refractivity contribution >= 4 is 5.84 Å². The first kappa shape index (κ1) is 15.6. The molecule has 0 spiro atoms. The van der Waals surface area contributed by atoms with Crippen molar-refractivity contribution in [1.29, 1.82) is 10.7 Å². The van der Waals surface area contributed by atoms with Gasteiger partial charge in [-0.1, -0.05) is 18.2 Å². The van der Waals surface area contributed by atoms with Crippen LogP contribution in [0, 0.1) is 29.6 Å². The van der Waals surface area contributed by atoms with Gasteiger partial charge in [-0.25, -0.2) is 4.39 Å². The van der Waals surface area contributed by atoms with E-state index in [9.17, 15) is 9.65 Å². The average molecular weight is 296 g/mol. The molecule has 1 aromatic carbocycles. The van der Waals surface area contributed by atoms with Crippen molar-refractivity contribution in [1.82, 2.24) is 9.88 Å². The van der Waals surface area contributed by atoms with Crippen LogP contribution in [0.4, 0.5) is 4.39 Å². The van der Waals surface area contributed by atoms with Crippen LogP contribution in [-0.4, -0.2) is 15.7 Å². The predicted molar refractivity (Wildman–Crippen MR) is 82.7 cm³/mol. The number of nitriles is 1. The summed E-state index contributed by atoms with van der Waals surface area (Å²) in [7, 11) is 0. The van der Waals surface area contributed by atoms with Gasteiger partial charge in [-0.3, -0.25) is 15.3 Å². The zero-order valence-corrected chi connectivity index (χ0v) is 12.5. The predicted octanol–water partition coefficient (Wildman–Crippen LogP) is 3.59. The second kappa shape index (κ2) is 6.81. The van der Waals surface area contributed by atoms with Crippen LogP contribution in [0.3, 0.4) is 0 Å². The topological polar surface area (TPSA) is 63.8 Å². The van der Waals surface area contributed by atoms with Gasteiger partial charge >= 0.3 is 0 Å². The van der Waals surface area contributed by atoms with Gasteiger partial charge in [0.05, 0.1) is 6.04 Å². The smallest absolute Gasteiger partial charge is 0.185 e. The van der Waals surface area contributed by atoms with Crippen molar-refractivity contribution < 1.29 is 4.39 Å². The summed E-state index contributed by atoms with van der Waals surface area (Å²) < 4.78 is 13.3. The number of halogens is 1. The average Bonchev–Trinajstić information content (AvgIpc) is 2.50. The van der Waals surface area contributed by atoms with Gasteiger partial charge in [0, 0.05) is 18.3 Å². The monoisotopic (exact) mass is 296 g/mol. The molecule has 1 unspecified atom stereocenters. The number of rotatable bonds is 4. The summed E-state index contributed by atoms with van der Waals surface area (Å²) >= 11 is 0. The normalized spacial score (nSPS) is 11.5. The molecule has 2 aromatic rings. The van der Waals surface area contributed by atoms with Crippen molar-refractivity contribution in [3.05, 3.63) is 65.2 Å². The van der Waals surface area contributed by atoms with Crippen molar-refractivity contribution in [2.24, 2.45) is 0 Å². The number of amidine groups is 1. The first-order valence-corrected chi connectivity index (χ1v) is 6.95. The number of nitrogens with zero attached hydrogens (tertiary/aromatic N) is 3. The summed E-state index contributed by atoms with van der Waals surface area (Å²) in [5.41, 5.74) is 2.40. The molecule has 1 aromatic heterocycles. The molecular weight excluding hydrogens is 279 g/mol. The van der Waals surface area contributed by atoms with Gasteiger partial charge in [0.1, 0.15) is 11.7 Å². The number of aromatic nitrogens is 1. The fraction of sp³-hybridized carbons (Fsp3) is 0.235. The molecule has 1 atom stereocenters. The number of hydrogen-bond donors (Lipinski definition) is 1. The summed E-state index contributed by atoms with van der Waals surface area (Å²) in [5.74, 6) is -0.188. The second-order valence-corrected chi connectivity index (χ2v) is 5.07. The maximum Gasteiger partial charge on any atom is 0.185 e. The number of aryl methyl sites for hydroxylation is 1. The molecule has 5 heteroatoms. The minimum absolute atomic E-state index is 0.162. The molecule has 2 rings (SSSR count). The number of hydrogen-bond acceptors (Lipinski definition) is 3. The van der Waals surface area contributed by atoms with Gasteiger partial charge in [0.2, 0.25) is 0 Å². The maximum atomic E-state index is 13.3. The lowest BCUT2D eigenvalue weighted by Crippen LogP contribution is -2.30. The van der Waals surface area contributed by atoms with E-state index in [4.69, 9.17) is 5.41 Å². The Balaban J connectivity index is 2.19. The Labute approximate surface area is 129 Å². The van der Waals surface area contributed by atoms with Gasteiger partial charge in [-0.15, -0.1) is 0 Å². The quantitative estimate of drug-likeness (QED) is 0.406. The van der Waals surface area contributed by atoms with Crippen LogP contribution in [0.5, 0.6) is 0 Å². The molecule has 0 bridgehead atoms. The molecule has 0 saturated heterocycles. The van der Waals surface area contributed by atoms with Crippen molar-refractivity contribution in [2.75, 3.05) is 0 Å². The maximum absolute atomic E-state index is 13.3. The third kappa shape index (κ3) is 3.47. The van der Waals surface area contributed by atoms with Crippen LogP contribution in [-0.2, 0) is 6.42 Å². The van der Waals surface area contributed by atoms with Gasteiger partial charge < -0.3 is 0 Å². The highest BCUT2D eigenvalue weighted by Crippen LogP contribution is 2.21. The molecule has 4 nitrogen and oxygen atoms in total. The Kier molecular flexibility index (Phi) is 4.84. The molecule has 0 radical (unpaired) electrons. The summed E-state index contributed by atoms with van der Waals surface area (Å²) in [6.45, 7) is 3.65. The van der Waals surface area contributed by atoms with Crippen LogP contribution >= 0.6 is 0 Å². The van der Waals surface area contributed by atoms with E-state index in [0.717, 1.165) is 11.3 Å². The first-order valence-electron chi connectivity index (χ1n) is 6.95. The van der Waals surface area contributed by atoms with E-state index >= 15 is 0 Å². The van der Waals surface area contributed by atoms with E-state index in [2.05, 4.69) is 4.98 Å². The zero-order valence-electron chi connectivity index (χ0n) is 12.5. The second-order valence-electron chi connectivity index (χ2n) is 5.07. The fourth-order valence-corrected chi connectivity index (χ4v) is 2.27. The van der Waals surface area contributed by atoms with Gasteiger partial charge in [0.15, 0.2) is 6.19 Å².